The molecule has 0 saturated heterocycles. The van der Waals surface area contributed by atoms with Gasteiger partial charge in [-0.2, -0.15) is 0 Å². The fourth-order valence-electron chi connectivity index (χ4n) is 2.44. The average Bonchev–Trinajstić information content (AvgIpc) is 3.03. The summed E-state index contributed by atoms with van der Waals surface area (Å²) in [6.45, 7) is 9.07. The molecule has 19 nitrogen and oxygen atoms in total. The molecule has 0 bridgehead atoms. The fraction of sp³-hybridized carbons (Fsp3) is 0.710. The van der Waals surface area contributed by atoms with Crippen molar-refractivity contribution >= 4 is 55.0 Å². The van der Waals surface area contributed by atoms with Crippen LogP contribution in [0.4, 0.5) is 0 Å². The molecule has 292 valence electrons. The Balaban J connectivity index is -0.000000258. The second-order valence-electron chi connectivity index (χ2n) is 11.2. The van der Waals surface area contributed by atoms with E-state index in [1.165, 1.54) is 33.1 Å². The lowest BCUT2D eigenvalue weighted by molar-refractivity contribution is -0.142. The van der Waals surface area contributed by atoms with Gasteiger partial charge in [-0.25, -0.2) is 0 Å². The van der Waals surface area contributed by atoms with Crippen LogP contribution in [0.25, 0.3) is 0 Å². The molecule has 50 heavy (non-hydrogen) atoms. The number of carbonyl (C=O) groups is 9. The molecule has 0 atom stereocenters. The van der Waals surface area contributed by atoms with Crippen molar-refractivity contribution < 1.29 is 48.3 Å². The number of carbonyl (C=O) groups excluding carboxylic acids is 8. The van der Waals surface area contributed by atoms with Gasteiger partial charge in [0, 0.05) is 40.8 Å². The normalized spacial score (nSPS) is 9.34. The molecule has 0 unspecified atom stereocenters. The van der Waals surface area contributed by atoms with Crippen molar-refractivity contribution in [3.8, 4) is 0 Å². The molecule has 0 radical (unpaired) electrons. The van der Waals surface area contributed by atoms with Gasteiger partial charge >= 0.3 is 0 Å². The SMILES string of the molecule is CC(C)NCC=O.CCN(C)C.CCNC(=O)CN(C)C(=O)CN(C)C(=O)CN(C)C(=O)CNC(=O)CN(C)C=O.CN(C)CC=O.O=CO. The summed E-state index contributed by atoms with van der Waals surface area (Å²) >= 11 is 0. The Morgan fingerprint density at radius 2 is 1.06 bits per heavy atom. The van der Waals surface area contributed by atoms with Gasteiger partial charge in [0.05, 0.1) is 45.8 Å². The lowest BCUT2D eigenvalue weighted by atomic mass is 10.4. The maximum Gasteiger partial charge on any atom is 0.290 e. The minimum absolute atomic E-state index is 0.119. The number of carboxylic acid groups (broad SMARTS) is 1. The van der Waals surface area contributed by atoms with E-state index < -0.39 is 23.6 Å². The third-order valence-electron chi connectivity index (χ3n) is 5.47. The maximum absolute atomic E-state index is 12.2. The van der Waals surface area contributed by atoms with Gasteiger partial charge in [0.1, 0.15) is 12.6 Å². The molecule has 0 fully saturated rings. The summed E-state index contributed by atoms with van der Waals surface area (Å²) in [7, 11) is 13.5. The van der Waals surface area contributed by atoms with Gasteiger partial charge in [0.2, 0.25) is 35.9 Å². The first kappa shape index (κ1) is 54.9. The number of amides is 6. The van der Waals surface area contributed by atoms with Crippen molar-refractivity contribution in [2.24, 2.45) is 0 Å². The smallest absolute Gasteiger partial charge is 0.290 e. The Labute approximate surface area is 297 Å². The van der Waals surface area contributed by atoms with Crippen LogP contribution in [0.15, 0.2) is 0 Å². The lowest BCUT2D eigenvalue weighted by Crippen LogP contribution is -2.47. The van der Waals surface area contributed by atoms with E-state index in [9.17, 15) is 38.4 Å². The van der Waals surface area contributed by atoms with Gasteiger partial charge in [-0.1, -0.05) is 20.8 Å². The third-order valence-corrected chi connectivity index (χ3v) is 5.47. The van der Waals surface area contributed by atoms with Crippen molar-refractivity contribution in [2.45, 2.75) is 33.7 Å². The van der Waals surface area contributed by atoms with Crippen LogP contribution >= 0.6 is 0 Å². The summed E-state index contributed by atoms with van der Waals surface area (Å²) in [5, 5.41) is 14.7. The van der Waals surface area contributed by atoms with Gasteiger partial charge in [0.15, 0.2) is 0 Å². The predicted octanol–water partition coefficient (Wildman–Crippen LogP) is -3.10. The van der Waals surface area contributed by atoms with Crippen LogP contribution in [0, 0.1) is 0 Å². The van der Waals surface area contributed by atoms with Gasteiger partial charge in [-0.05, 0) is 41.7 Å². The molecule has 0 saturated carbocycles. The number of hydrogen-bond acceptors (Lipinski definition) is 12. The molecule has 19 heteroatoms. The average molecular weight is 722 g/mol. The fourth-order valence-corrected chi connectivity index (χ4v) is 2.44. The molecule has 0 aromatic rings. The Morgan fingerprint density at radius 3 is 1.36 bits per heavy atom. The number of nitrogens with zero attached hydrogens (tertiary/aromatic N) is 6. The molecule has 0 aromatic carbocycles. The Hall–Kier alpha value is -4.49. The summed E-state index contributed by atoms with van der Waals surface area (Å²) in [4.78, 5) is 106. The standard InChI is InChI=1S/C17H30N6O6.C5H11NO.C4H9NO.C4H11N.CH2O2/c1-6-18-14(26)9-21(3)16(28)11-23(5)17(29)10-22(4)15(27)7-19-13(25)8-20(2)12-24;1-5(2)6-3-4-7;1-5(2)3-4-6;1-4-5(2)3;2-1-3/h12H,6-11H2,1-5H3,(H,18,26)(H,19,25);4-6H,3H2,1-2H3;4H,3H2,1-2H3;4H2,1-3H3;1H,(H,2,3). The van der Waals surface area contributed by atoms with E-state index >= 15 is 0 Å². The highest BCUT2D eigenvalue weighted by Crippen LogP contribution is 1.94. The molecule has 0 aromatic heterocycles. The Kier molecular flexibility index (Phi) is 41.0. The van der Waals surface area contributed by atoms with Crippen molar-refractivity contribution in [2.75, 3.05) is 115 Å². The topological polar surface area (TPSA) is 229 Å². The molecule has 6 amide bonds. The zero-order chi connectivity index (χ0) is 40.2. The van der Waals surface area contributed by atoms with Gasteiger partial charge in [-0.15, -0.1) is 0 Å². The molecule has 0 heterocycles. The molecule has 0 spiro atoms. The van der Waals surface area contributed by atoms with E-state index in [4.69, 9.17) is 9.90 Å². The van der Waals surface area contributed by atoms with E-state index in [0.717, 1.165) is 33.8 Å². The van der Waals surface area contributed by atoms with Gasteiger partial charge < -0.3 is 60.0 Å². The number of likely N-dealkylation sites (N-methyl/N-ethyl adjacent to an activating group) is 6. The first-order chi connectivity index (χ1) is 23.2. The van der Waals surface area contributed by atoms with E-state index in [2.05, 4.69) is 41.9 Å². The van der Waals surface area contributed by atoms with Crippen LogP contribution in [-0.4, -0.2) is 211 Å². The quantitative estimate of drug-likeness (QED) is 0.103. The van der Waals surface area contributed by atoms with Crippen LogP contribution in [0.5, 0.6) is 0 Å². The molecule has 0 rings (SSSR count). The predicted molar refractivity (Wildman–Crippen MR) is 190 cm³/mol. The zero-order valence-electron chi connectivity index (χ0n) is 32.1. The minimum Gasteiger partial charge on any atom is -0.483 e. The van der Waals surface area contributed by atoms with Crippen LogP contribution < -0.4 is 16.0 Å². The summed E-state index contributed by atoms with van der Waals surface area (Å²) in [5.74, 6) is -2.22. The highest BCUT2D eigenvalue weighted by Gasteiger charge is 2.20. The van der Waals surface area contributed by atoms with Crippen LogP contribution in [-0.2, 0) is 43.2 Å². The summed E-state index contributed by atoms with van der Waals surface area (Å²) < 4.78 is 0. The zero-order valence-corrected chi connectivity index (χ0v) is 32.1. The first-order valence-corrected chi connectivity index (χ1v) is 15.6. The number of aldehydes is 2. The van der Waals surface area contributed by atoms with Crippen molar-refractivity contribution in [1.82, 2.24) is 45.3 Å². The van der Waals surface area contributed by atoms with Crippen molar-refractivity contribution in [1.29, 1.82) is 0 Å². The Morgan fingerprint density at radius 1 is 0.640 bits per heavy atom. The van der Waals surface area contributed by atoms with Crippen LogP contribution in [0.2, 0.25) is 0 Å². The first-order valence-electron chi connectivity index (χ1n) is 15.6. The molecule has 0 aliphatic heterocycles. The van der Waals surface area contributed by atoms with E-state index in [-0.39, 0.29) is 45.1 Å². The maximum atomic E-state index is 12.2. The highest BCUT2D eigenvalue weighted by atomic mass is 16.3. The third kappa shape index (κ3) is 43.5. The molecule has 0 aliphatic carbocycles. The van der Waals surface area contributed by atoms with Gasteiger partial charge in [-0.3, -0.25) is 33.6 Å². The van der Waals surface area contributed by atoms with Crippen molar-refractivity contribution in [3.63, 3.8) is 0 Å². The second-order valence-corrected chi connectivity index (χ2v) is 11.2. The summed E-state index contributed by atoms with van der Waals surface area (Å²) in [5.41, 5.74) is 0. The molecular weight excluding hydrogens is 658 g/mol. The molecule has 4 N–H and O–H groups in total. The largest absolute Gasteiger partial charge is 0.483 e. The van der Waals surface area contributed by atoms with Crippen LogP contribution in [0.3, 0.4) is 0 Å². The Bertz CT molecular complexity index is 967. The monoisotopic (exact) mass is 721 g/mol. The second kappa shape index (κ2) is 37.3. The lowest BCUT2D eigenvalue weighted by Gasteiger charge is -2.24. The van der Waals surface area contributed by atoms with E-state index in [1.807, 2.05) is 32.8 Å². The number of hydrogen-bond donors (Lipinski definition) is 4. The summed E-state index contributed by atoms with van der Waals surface area (Å²) in [6, 6.07) is 0.421. The minimum atomic E-state index is -0.509. The van der Waals surface area contributed by atoms with E-state index in [1.54, 1.807) is 6.92 Å². The number of nitrogens with one attached hydrogen (secondary N) is 3. The number of rotatable bonds is 18. The molecule has 0 aliphatic rings. The summed E-state index contributed by atoms with van der Waals surface area (Å²) in [6.07, 6.45) is 2.22. The molecular formula is C31H63N9O10. The van der Waals surface area contributed by atoms with Gasteiger partial charge in [0.25, 0.3) is 6.47 Å². The van der Waals surface area contributed by atoms with Crippen molar-refractivity contribution in [3.05, 3.63) is 0 Å². The van der Waals surface area contributed by atoms with E-state index in [0.29, 0.717) is 32.1 Å². The highest BCUT2D eigenvalue weighted by molar-refractivity contribution is 5.91. The van der Waals surface area contributed by atoms with Crippen LogP contribution in [0.1, 0.15) is 27.7 Å².